The van der Waals surface area contributed by atoms with Gasteiger partial charge in [-0.05, 0) is 18.4 Å². The van der Waals surface area contributed by atoms with Crippen LogP contribution in [0.3, 0.4) is 0 Å². The molecule has 1 fully saturated rings. The second kappa shape index (κ2) is 9.69. The molecule has 1 aromatic heterocycles. The number of rotatable bonds is 10. The first-order valence-electron chi connectivity index (χ1n) is 10.5. The molecule has 6 nitrogen and oxygen atoms in total. The van der Waals surface area contributed by atoms with Crippen molar-refractivity contribution < 1.29 is 9.90 Å². The average Bonchev–Trinajstić information content (AvgIpc) is 3.54. The van der Waals surface area contributed by atoms with Gasteiger partial charge in [-0.15, -0.1) is 0 Å². The van der Waals surface area contributed by atoms with Crippen LogP contribution in [0.4, 0.5) is 0 Å². The van der Waals surface area contributed by atoms with Gasteiger partial charge in [-0.25, -0.2) is 0 Å². The van der Waals surface area contributed by atoms with E-state index in [0.717, 1.165) is 29.7 Å². The van der Waals surface area contributed by atoms with Crippen LogP contribution in [-0.2, 0) is 17.9 Å². The molecule has 0 aliphatic heterocycles. The van der Waals surface area contributed by atoms with E-state index in [0.29, 0.717) is 32.2 Å². The Morgan fingerprint density at radius 2 is 1.80 bits per heavy atom. The number of aliphatic hydroxyl groups is 1. The van der Waals surface area contributed by atoms with E-state index in [2.05, 4.69) is 22.3 Å². The van der Waals surface area contributed by atoms with Gasteiger partial charge in [0.15, 0.2) is 0 Å². The maximum atomic E-state index is 12.5. The molecule has 0 saturated heterocycles. The predicted octanol–water partition coefficient (Wildman–Crippen LogP) is 2.67. The van der Waals surface area contributed by atoms with Gasteiger partial charge >= 0.3 is 0 Å². The normalized spacial score (nSPS) is 13.5. The number of amides is 1. The fraction of sp³-hybridized carbons (Fsp3) is 0.333. The summed E-state index contributed by atoms with van der Waals surface area (Å²) in [6.07, 6.45) is 4.23. The molecule has 0 spiro atoms. The second-order valence-corrected chi connectivity index (χ2v) is 7.75. The molecule has 156 valence electrons. The van der Waals surface area contributed by atoms with Crippen LogP contribution >= 0.6 is 0 Å². The molecule has 6 heteroatoms. The van der Waals surface area contributed by atoms with E-state index in [1.807, 2.05) is 59.4 Å². The van der Waals surface area contributed by atoms with Gasteiger partial charge in [0.05, 0.1) is 25.4 Å². The maximum absolute atomic E-state index is 12.5. The quantitative estimate of drug-likeness (QED) is 0.545. The van der Waals surface area contributed by atoms with Gasteiger partial charge in [0.1, 0.15) is 0 Å². The SMILES string of the molecule is O=C(CN(CCO)C1CC1)NCc1cn(Cc2ccccc2)nc1-c1ccccc1. The van der Waals surface area contributed by atoms with E-state index in [1.54, 1.807) is 0 Å². The summed E-state index contributed by atoms with van der Waals surface area (Å²) in [5.74, 6) is -0.0230. The minimum absolute atomic E-state index is 0.0230. The Bertz CT molecular complexity index is 952. The molecule has 1 aliphatic carbocycles. The van der Waals surface area contributed by atoms with E-state index in [9.17, 15) is 9.90 Å². The van der Waals surface area contributed by atoms with Gasteiger partial charge in [0.2, 0.25) is 5.91 Å². The summed E-state index contributed by atoms with van der Waals surface area (Å²) in [6, 6.07) is 20.7. The van der Waals surface area contributed by atoms with E-state index < -0.39 is 0 Å². The van der Waals surface area contributed by atoms with Gasteiger partial charge in [0, 0.05) is 36.5 Å². The first-order chi connectivity index (χ1) is 14.7. The van der Waals surface area contributed by atoms with E-state index in [1.165, 1.54) is 5.56 Å². The zero-order valence-electron chi connectivity index (χ0n) is 17.1. The lowest BCUT2D eigenvalue weighted by molar-refractivity contribution is -0.122. The Hall–Kier alpha value is -2.96. The van der Waals surface area contributed by atoms with Crippen LogP contribution in [0.15, 0.2) is 66.9 Å². The number of aliphatic hydroxyl groups excluding tert-OH is 1. The molecular formula is C24H28N4O2. The van der Waals surface area contributed by atoms with Crippen LogP contribution in [-0.4, -0.2) is 51.4 Å². The highest BCUT2D eigenvalue weighted by Gasteiger charge is 2.29. The maximum Gasteiger partial charge on any atom is 0.234 e. The number of carbonyl (C=O) groups excluding carboxylic acids is 1. The van der Waals surface area contributed by atoms with Crippen molar-refractivity contribution in [3.8, 4) is 11.3 Å². The molecule has 0 unspecified atom stereocenters. The smallest absolute Gasteiger partial charge is 0.234 e. The highest BCUT2D eigenvalue weighted by atomic mass is 16.3. The number of benzene rings is 2. The molecule has 0 bridgehead atoms. The van der Waals surface area contributed by atoms with E-state index in [4.69, 9.17) is 5.10 Å². The van der Waals surface area contributed by atoms with Crippen molar-refractivity contribution in [3.63, 3.8) is 0 Å². The number of hydrogen-bond acceptors (Lipinski definition) is 4. The van der Waals surface area contributed by atoms with E-state index in [-0.39, 0.29) is 12.5 Å². The number of nitrogens with zero attached hydrogens (tertiary/aromatic N) is 3. The number of nitrogens with one attached hydrogen (secondary N) is 1. The predicted molar refractivity (Wildman–Crippen MR) is 117 cm³/mol. The molecule has 3 aromatic rings. The van der Waals surface area contributed by atoms with Crippen LogP contribution in [0, 0.1) is 0 Å². The van der Waals surface area contributed by atoms with Crippen molar-refractivity contribution in [1.29, 1.82) is 0 Å². The van der Waals surface area contributed by atoms with Crippen molar-refractivity contribution in [2.24, 2.45) is 0 Å². The third-order valence-electron chi connectivity index (χ3n) is 5.35. The third kappa shape index (κ3) is 5.34. The first-order valence-corrected chi connectivity index (χ1v) is 10.5. The molecule has 1 amide bonds. The third-order valence-corrected chi connectivity index (χ3v) is 5.35. The van der Waals surface area contributed by atoms with Crippen molar-refractivity contribution in [1.82, 2.24) is 20.0 Å². The Kier molecular flexibility index (Phi) is 6.57. The van der Waals surface area contributed by atoms with Gasteiger partial charge < -0.3 is 10.4 Å². The summed E-state index contributed by atoms with van der Waals surface area (Å²) in [5.41, 5.74) is 4.10. The fourth-order valence-electron chi connectivity index (χ4n) is 3.68. The van der Waals surface area contributed by atoms with Gasteiger partial charge in [0.25, 0.3) is 0 Å². The molecule has 1 saturated carbocycles. The molecule has 2 aromatic carbocycles. The lowest BCUT2D eigenvalue weighted by Crippen LogP contribution is -2.39. The lowest BCUT2D eigenvalue weighted by Gasteiger charge is -2.20. The van der Waals surface area contributed by atoms with E-state index >= 15 is 0 Å². The van der Waals surface area contributed by atoms with Crippen molar-refractivity contribution >= 4 is 5.91 Å². The van der Waals surface area contributed by atoms with Gasteiger partial charge in [-0.2, -0.15) is 5.10 Å². The van der Waals surface area contributed by atoms with Crippen LogP contribution in [0.5, 0.6) is 0 Å². The van der Waals surface area contributed by atoms with Crippen molar-refractivity contribution in [2.45, 2.75) is 32.0 Å². The molecule has 2 N–H and O–H groups in total. The van der Waals surface area contributed by atoms with Gasteiger partial charge in [-0.3, -0.25) is 14.4 Å². The minimum atomic E-state index is -0.0230. The first kappa shape index (κ1) is 20.3. The molecule has 0 radical (unpaired) electrons. The van der Waals surface area contributed by atoms with Crippen LogP contribution in [0.1, 0.15) is 24.0 Å². The summed E-state index contributed by atoms with van der Waals surface area (Å²) < 4.78 is 1.93. The molecule has 4 rings (SSSR count). The zero-order chi connectivity index (χ0) is 20.8. The highest BCUT2D eigenvalue weighted by molar-refractivity contribution is 5.78. The lowest BCUT2D eigenvalue weighted by atomic mass is 10.1. The summed E-state index contributed by atoms with van der Waals surface area (Å²) in [6.45, 7) is 2.05. The summed E-state index contributed by atoms with van der Waals surface area (Å²) in [7, 11) is 0. The Morgan fingerprint density at radius 1 is 1.10 bits per heavy atom. The zero-order valence-corrected chi connectivity index (χ0v) is 17.1. The highest BCUT2D eigenvalue weighted by Crippen LogP contribution is 2.26. The largest absolute Gasteiger partial charge is 0.395 e. The second-order valence-electron chi connectivity index (χ2n) is 7.75. The minimum Gasteiger partial charge on any atom is -0.395 e. The Morgan fingerprint density at radius 3 is 2.47 bits per heavy atom. The molecule has 1 heterocycles. The monoisotopic (exact) mass is 404 g/mol. The molecular weight excluding hydrogens is 376 g/mol. The van der Waals surface area contributed by atoms with Crippen LogP contribution in [0.25, 0.3) is 11.3 Å². The number of carbonyl (C=O) groups is 1. The molecule has 30 heavy (non-hydrogen) atoms. The average molecular weight is 405 g/mol. The Balaban J connectivity index is 1.47. The molecule has 1 aliphatic rings. The van der Waals surface area contributed by atoms with Crippen LogP contribution in [0.2, 0.25) is 0 Å². The summed E-state index contributed by atoms with van der Waals surface area (Å²) in [4.78, 5) is 14.6. The fourth-order valence-corrected chi connectivity index (χ4v) is 3.68. The summed E-state index contributed by atoms with van der Waals surface area (Å²) >= 11 is 0. The Labute approximate surface area is 177 Å². The summed E-state index contributed by atoms with van der Waals surface area (Å²) in [5, 5.41) is 17.1. The number of hydrogen-bond donors (Lipinski definition) is 2. The topological polar surface area (TPSA) is 70.4 Å². The van der Waals surface area contributed by atoms with Gasteiger partial charge in [-0.1, -0.05) is 60.7 Å². The standard InChI is InChI=1S/C24H28N4O2/c29-14-13-27(22-11-12-22)18-23(30)25-15-21-17-28(16-19-7-3-1-4-8-19)26-24(21)20-9-5-2-6-10-20/h1-10,17,22,29H,11-16,18H2,(H,25,30). The molecule has 0 atom stereocenters. The van der Waals surface area contributed by atoms with Crippen molar-refractivity contribution in [2.75, 3.05) is 19.7 Å². The number of aromatic nitrogens is 2. The van der Waals surface area contributed by atoms with Crippen molar-refractivity contribution in [3.05, 3.63) is 78.0 Å². The van der Waals surface area contributed by atoms with Crippen LogP contribution < -0.4 is 5.32 Å².